The van der Waals surface area contributed by atoms with Crippen molar-refractivity contribution in [3.8, 4) is 11.5 Å². The first kappa shape index (κ1) is 24.4. The Morgan fingerprint density at radius 1 is 1.00 bits per heavy atom. The number of aromatic nitrogens is 1. The van der Waals surface area contributed by atoms with Crippen LogP contribution in [-0.2, 0) is 13.0 Å². The predicted molar refractivity (Wildman–Crippen MR) is 135 cm³/mol. The van der Waals surface area contributed by atoms with E-state index in [-0.39, 0.29) is 18.8 Å². The SMILES string of the molecule is CC(C)Oc1cc(CN(c2nc3cc(CCO)ccc3o2)C2CCNCC2)cc(OC(C)C)c1. The molecule has 4 rings (SSSR count). The van der Waals surface area contributed by atoms with Crippen LogP contribution in [0, 0.1) is 0 Å². The van der Waals surface area contributed by atoms with Gasteiger partial charge in [0.15, 0.2) is 5.58 Å². The molecule has 1 aliphatic heterocycles. The highest BCUT2D eigenvalue weighted by molar-refractivity contribution is 5.75. The molecule has 3 aromatic rings. The summed E-state index contributed by atoms with van der Waals surface area (Å²) in [5.41, 5.74) is 3.73. The standard InChI is InChI=1S/C27H37N3O4/c1-18(2)32-23-13-21(14-24(16-23)33-19(3)4)17-30(22-7-10-28-11-8-22)27-29-25-15-20(9-12-31)5-6-26(25)34-27/h5-6,13-16,18-19,22,28,31H,7-12,17H2,1-4H3. The molecular weight excluding hydrogens is 430 g/mol. The van der Waals surface area contributed by atoms with Crippen LogP contribution in [0.2, 0.25) is 0 Å². The van der Waals surface area contributed by atoms with Gasteiger partial charge in [0.05, 0.1) is 12.2 Å². The molecule has 1 saturated heterocycles. The quantitative estimate of drug-likeness (QED) is 0.447. The van der Waals surface area contributed by atoms with Crippen LogP contribution in [-0.4, -0.2) is 48.0 Å². The van der Waals surface area contributed by atoms with Crippen molar-refractivity contribution in [1.29, 1.82) is 0 Å². The molecule has 34 heavy (non-hydrogen) atoms. The first-order valence-electron chi connectivity index (χ1n) is 12.4. The second kappa shape index (κ2) is 11.1. The van der Waals surface area contributed by atoms with Crippen LogP contribution < -0.4 is 19.7 Å². The average Bonchev–Trinajstić information content (AvgIpc) is 3.20. The third kappa shape index (κ3) is 6.21. The third-order valence-electron chi connectivity index (χ3n) is 5.87. The summed E-state index contributed by atoms with van der Waals surface area (Å²) in [6.45, 7) is 10.8. The van der Waals surface area contributed by atoms with Gasteiger partial charge in [-0.05, 0) is 95.4 Å². The van der Waals surface area contributed by atoms with Crippen LogP contribution in [0.3, 0.4) is 0 Å². The number of nitrogens with one attached hydrogen (secondary N) is 1. The number of piperidine rings is 1. The molecule has 2 aromatic carbocycles. The van der Waals surface area contributed by atoms with E-state index in [2.05, 4.69) is 22.3 Å². The minimum absolute atomic E-state index is 0.0767. The molecular formula is C27H37N3O4. The fourth-order valence-corrected chi connectivity index (χ4v) is 4.44. The summed E-state index contributed by atoms with van der Waals surface area (Å²) in [6.07, 6.45) is 2.80. The number of hydrogen-bond donors (Lipinski definition) is 2. The predicted octanol–water partition coefficient (Wildman–Crippen LogP) is 4.70. The van der Waals surface area contributed by atoms with Crippen molar-refractivity contribution < 1.29 is 19.0 Å². The van der Waals surface area contributed by atoms with E-state index < -0.39 is 0 Å². The van der Waals surface area contributed by atoms with Gasteiger partial charge in [-0.15, -0.1) is 0 Å². The largest absolute Gasteiger partial charge is 0.491 e. The van der Waals surface area contributed by atoms with Gasteiger partial charge in [-0.25, -0.2) is 0 Å². The zero-order valence-electron chi connectivity index (χ0n) is 20.7. The van der Waals surface area contributed by atoms with Crippen molar-refractivity contribution in [1.82, 2.24) is 10.3 Å². The maximum Gasteiger partial charge on any atom is 0.298 e. The Balaban J connectivity index is 1.68. The lowest BCUT2D eigenvalue weighted by Crippen LogP contribution is -2.43. The molecule has 0 spiro atoms. The molecule has 0 unspecified atom stereocenters. The summed E-state index contributed by atoms with van der Waals surface area (Å²) >= 11 is 0. The summed E-state index contributed by atoms with van der Waals surface area (Å²) < 4.78 is 18.3. The van der Waals surface area contributed by atoms with E-state index in [1.807, 2.05) is 52.0 Å². The molecule has 2 heterocycles. The molecule has 7 nitrogen and oxygen atoms in total. The number of hydrogen-bond acceptors (Lipinski definition) is 7. The molecule has 1 fully saturated rings. The first-order chi connectivity index (χ1) is 16.4. The number of ether oxygens (including phenoxy) is 2. The number of aliphatic hydroxyl groups is 1. The first-order valence-corrected chi connectivity index (χ1v) is 12.4. The number of fused-ring (bicyclic) bond motifs is 1. The Morgan fingerprint density at radius 3 is 2.29 bits per heavy atom. The maximum absolute atomic E-state index is 9.29. The molecule has 0 bridgehead atoms. The maximum atomic E-state index is 9.29. The highest BCUT2D eigenvalue weighted by Crippen LogP contribution is 2.31. The molecule has 0 saturated carbocycles. The van der Waals surface area contributed by atoms with Gasteiger partial charge in [-0.3, -0.25) is 0 Å². The number of anilines is 1. The molecule has 1 aliphatic rings. The number of oxazole rings is 1. The van der Waals surface area contributed by atoms with Crippen LogP contribution in [0.25, 0.3) is 11.1 Å². The molecule has 0 aliphatic carbocycles. The van der Waals surface area contributed by atoms with Gasteiger partial charge >= 0.3 is 0 Å². The van der Waals surface area contributed by atoms with Crippen molar-refractivity contribution in [3.63, 3.8) is 0 Å². The van der Waals surface area contributed by atoms with Gasteiger partial charge in [-0.1, -0.05) is 6.07 Å². The molecule has 1 aromatic heterocycles. The number of benzene rings is 2. The van der Waals surface area contributed by atoms with E-state index in [0.29, 0.717) is 25.0 Å². The summed E-state index contributed by atoms with van der Waals surface area (Å²) in [7, 11) is 0. The summed E-state index contributed by atoms with van der Waals surface area (Å²) in [6, 6.07) is 13.0. The lowest BCUT2D eigenvalue weighted by atomic mass is 10.0. The van der Waals surface area contributed by atoms with Gasteiger partial charge in [-0.2, -0.15) is 4.98 Å². The lowest BCUT2D eigenvalue weighted by Gasteiger charge is -2.33. The normalized spacial score (nSPS) is 14.8. The van der Waals surface area contributed by atoms with E-state index in [1.54, 1.807) is 0 Å². The molecule has 0 atom stereocenters. The minimum atomic E-state index is 0.0767. The van der Waals surface area contributed by atoms with Crippen LogP contribution in [0.1, 0.15) is 51.7 Å². The van der Waals surface area contributed by atoms with Gasteiger partial charge in [0.25, 0.3) is 6.01 Å². The van der Waals surface area contributed by atoms with Gasteiger partial charge < -0.3 is 29.2 Å². The Bertz CT molecular complexity index is 1040. The average molecular weight is 468 g/mol. The second-order valence-corrected chi connectivity index (χ2v) is 9.53. The molecule has 7 heteroatoms. The smallest absolute Gasteiger partial charge is 0.298 e. The summed E-state index contributed by atoms with van der Waals surface area (Å²) in [5.74, 6) is 1.61. The van der Waals surface area contributed by atoms with E-state index in [9.17, 15) is 5.11 Å². The van der Waals surface area contributed by atoms with Gasteiger partial charge in [0.2, 0.25) is 0 Å². The fraction of sp³-hybridized carbons (Fsp3) is 0.519. The lowest BCUT2D eigenvalue weighted by molar-refractivity contribution is 0.228. The van der Waals surface area contributed by atoms with Crippen LogP contribution in [0.15, 0.2) is 40.8 Å². The topological polar surface area (TPSA) is 80.0 Å². The van der Waals surface area contributed by atoms with Crippen molar-refractivity contribution in [3.05, 3.63) is 47.5 Å². The zero-order valence-corrected chi connectivity index (χ0v) is 20.7. The number of nitrogens with zero attached hydrogens (tertiary/aromatic N) is 2. The third-order valence-corrected chi connectivity index (χ3v) is 5.87. The highest BCUT2D eigenvalue weighted by atomic mass is 16.5. The second-order valence-electron chi connectivity index (χ2n) is 9.53. The Labute approximate surface area is 202 Å². The van der Waals surface area contributed by atoms with Crippen LogP contribution in [0.4, 0.5) is 6.01 Å². The zero-order chi connectivity index (χ0) is 24.1. The number of aliphatic hydroxyl groups excluding tert-OH is 1. The van der Waals surface area contributed by atoms with E-state index in [4.69, 9.17) is 18.9 Å². The van der Waals surface area contributed by atoms with E-state index in [1.165, 1.54) is 0 Å². The highest BCUT2D eigenvalue weighted by Gasteiger charge is 2.26. The van der Waals surface area contributed by atoms with Crippen molar-refractivity contribution >= 4 is 17.1 Å². The monoisotopic (exact) mass is 467 g/mol. The van der Waals surface area contributed by atoms with Crippen LogP contribution >= 0.6 is 0 Å². The molecule has 2 N–H and O–H groups in total. The summed E-state index contributed by atoms with van der Waals surface area (Å²) in [4.78, 5) is 7.14. The molecule has 0 radical (unpaired) electrons. The molecule has 184 valence electrons. The fourth-order valence-electron chi connectivity index (χ4n) is 4.44. The van der Waals surface area contributed by atoms with E-state index >= 15 is 0 Å². The van der Waals surface area contributed by atoms with Crippen molar-refractivity contribution in [2.24, 2.45) is 0 Å². The Kier molecular flexibility index (Phi) is 7.95. The van der Waals surface area contributed by atoms with Gasteiger partial charge in [0, 0.05) is 25.3 Å². The van der Waals surface area contributed by atoms with Crippen molar-refractivity contribution in [2.45, 2.75) is 71.8 Å². The Hall–Kier alpha value is -2.77. The van der Waals surface area contributed by atoms with Crippen molar-refractivity contribution in [2.75, 3.05) is 24.6 Å². The minimum Gasteiger partial charge on any atom is -0.491 e. The Morgan fingerprint density at radius 2 is 1.68 bits per heavy atom. The van der Waals surface area contributed by atoms with Gasteiger partial charge in [0.1, 0.15) is 17.0 Å². The van der Waals surface area contributed by atoms with Crippen LogP contribution in [0.5, 0.6) is 11.5 Å². The van der Waals surface area contributed by atoms with E-state index in [0.717, 1.165) is 59.7 Å². The molecule has 0 amide bonds. The number of rotatable bonds is 10. The summed E-state index contributed by atoms with van der Waals surface area (Å²) in [5, 5.41) is 12.7.